The summed E-state index contributed by atoms with van der Waals surface area (Å²) in [4.78, 5) is 29.4. The van der Waals surface area contributed by atoms with E-state index in [2.05, 4.69) is 5.10 Å². The van der Waals surface area contributed by atoms with Gasteiger partial charge in [-0.05, 0) is 67.1 Å². The van der Waals surface area contributed by atoms with Crippen LogP contribution in [0, 0.1) is 0 Å². The van der Waals surface area contributed by atoms with E-state index < -0.39 is 21.7 Å². The van der Waals surface area contributed by atoms with Crippen molar-refractivity contribution in [3.63, 3.8) is 0 Å². The van der Waals surface area contributed by atoms with Crippen molar-refractivity contribution in [2.24, 2.45) is 0 Å². The summed E-state index contributed by atoms with van der Waals surface area (Å²) in [6.07, 6.45) is 2.71. The van der Waals surface area contributed by atoms with Crippen LogP contribution in [0.5, 0.6) is 0 Å². The summed E-state index contributed by atoms with van der Waals surface area (Å²) in [5.74, 6) is -0.249. The fourth-order valence-electron chi connectivity index (χ4n) is 4.44. The monoisotopic (exact) mass is 637 g/mol. The van der Waals surface area contributed by atoms with Crippen LogP contribution in [-0.2, 0) is 25.9 Å². The highest BCUT2D eigenvalue weighted by atomic mass is 35.5. The minimum atomic E-state index is -3.38. The van der Waals surface area contributed by atoms with E-state index in [1.807, 2.05) is 24.3 Å². The van der Waals surface area contributed by atoms with Gasteiger partial charge in [-0.1, -0.05) is 35.9 Å². The van der Waals surface area contributed by atoms with Gasteiger partial charge in [-0.15, -0.1) is 11.3 Å². The van der Waals surface area contributed by atoms with Crippen LogP contribution in [-0.4, -0.2) is 54.4 Å². The molecule has 5 aromatic rings. The highest BCUT2D eigenvalue weighted by molar-refractivity contribution is 7.90. The molecule has 222 valence electrons. The molecule has 12 heteroatoms. The molecule has 0 saturated heterocycles. The lowest BCUT2D eigenvalue weighted by Crippen LogP contribution is -2.33. The highest BCUT2D eigenvalue weighted by Crippen LogP contribution is 2.37. The Morgan fingerprint density at radius 1 is 1.02 bits per heavy atom. The number of ether oxygens (including phenoxy) is 1. The first kappa shape index (κ1) is 30.3. The molecule has 9 nitrogen and oxygen atoms in total. The number of sulfone groups is 1. The normalized spacial score (nSPS) is 11.4. The second-order valence-electron chi connectivity index (χ2n) is 9.60. The molecule has 2 aromatic carbocycles. The molecule has 0 spiro atoms. The molecule has 3 aromatic heterocycles. The Kier molecular flexibility index (Phi) is 9.14. The summed E-state index contributed by atoms with van der Waals surface area (Å²) in [6, 6.07) is 22.9. The van der Waals surface area contributed by atoms with Gasteiger partial charge < -0.3 is 14.1 Å². The number of rotatable bonds is 11. The molecule has 0 bridgehead atoms. The zero-order chi connectivity index (χ0) is 30.6. The van der Waals surface area contributed by atoms with E-state index in [1.165, 1.54) is 28.8 Å². The van der Waals surface area contributed by atoms with Gasteiger partial charge in [0.05, 0.1) is 52.0 Å². The summed E-state index contributed by atoms with van der Waals surface area (Å²) in [6.45, 7) is 2.22. The Hall–Kier alpha value is -4.19. The van der Waals surface area contributed by atoms with E-state index in [0.29, 0.717) is 22.2 Å². The minimum Gasteiger partial charge on any atom is -0.467 e. The summed E-state index contributed by atoms with van der Waals surface area (Å²) >= 11 is 8.00. The van der Waals surface area contributed by atoms with E-state index in [-0.39, 0.29) is 36.7 Å². The molecule has 43 heavy (non-hydrogen) atoms. The van der Waals surface area contributed by atoms with Crippen molar-refractivity contribution in [3.05, 3.63) is 102 Å². The van der Waals surface area contributed by atoms with Gasteiger partial charge in [0.25, 0.3) is 5.91 Å². The van der Waals surface area contributed by atoms with E-state index >= 15 is 0 Å². The second-order valence-corrected chi connectivity index (χ2v) is 13.1. The van der Waals surface area contributed by atoms with Gasteiger partial charge in [-0.25, -0.2) is 13.1 Å². The lowest BCUT2D eigenvalue weighted by molar-refractivity contribution is -0.143. The fourth-order valence-corrected chi connectivity index (χ4v) is 6.33. The van der Waals surface area contributed by atoms with Crippen molar-refractivity contribution in [2.45, 2.75) is 24.8 Å². The van der Waals surface area contributed by atoms with E-state index in [4.69, 9.17) is 20.8 Å². The summed E-state index contributed by atoms with van der Waals surface area (Å²) in [5.41, 5.74) is 2.11. The van der Waals surface area contributed by atoms with Crippen molar-refractivity contribution < 1.29 is 27.2 Å². The maximum Gasteiger partial charge on any atom is 0.307 e. The zero-order valence-corrected chi connectivity index (χ0v) is 25.8. The quantitative estimate of drug-likeness (QED) is 0.152. The third-order valence-corrected chi connectivity index (χ3v) is 9.11. The third kappa shape index (κ3) is 7.07. The highest BCUT2D eigenvalue weighted by Gasteiger charge is 2.25. The van der Waals surface area contributed by atoms with Gasteiger partial charge in [0.2, 0.25) is 0 Å². The van der Waals surface area contributed by atoms with Crippen LogP contribution < -0.4 is 0 Å². The van der Waals surface area contributed by atoms with Crippen molar-refractivity contribution in [1.82, 2.24) is 14.7 Å². The van der Waals surface area contributed by atoms with Crippen LogP contribution >= 0.6 is 22.9 Å². The molecule has 0 aliphatic heterocycles. The predicted molar refractivity (Wildman–Crippen MR) is 165 cm³/mol. The summed E-state index contributed by atoms with van der Waals surface area (Å²) in [5, 5.41) is 5.12. The average Bonchev–Trinajstić information content (AvgIpc) is 3.76. The largest absolute Gasteiger partial charge is 0.467 e. The number of furan rings is 1. The maximum atomic E-state index is 13.9. The zero-order valence-electron chi connectivity index (χ0n) is 23.4. The number of aromatic nitrogens is 2. The molecular weight excluding hydrogens is 610 g/mol. The van der Waals surface area contributed by atoms with Gasteiger partial charge in [0, 0.05) is 17.7 Å². The molecule has 0 radical (unpaired) electrons. The molecule has 0 unspecified atom stereocenters. The number of para-hydroxylation sites is 1. The van der Waals surface area contributed by atoms with Gasteiger partial charge in [-0.2, -0.15) is 5.10 Å². The molecule has 0 aliphatic rings. The number of hydrogen-bond donors (Lipinski definition) is 0. The molecule has 0 saturated carbocycles. The van der Waals surface area contributed by atoms with Gasteiger partial charge in [0.1, 0.15) is 5.76 Å². The van der Waals surface area contributed by atoms with Crippen molar-refractivity contribution in [2.75, 3.05) is 19.4 Å². The number of hydrogen-bond acceptors (Lipinski definition) is 8. The first-order valence-corrected chi connectivity index (χ1v) is 16.5. The lowest BCUT2D eigenvalue weighted by Gasteiger charge is -2.20. The molecule has 5 rings (SSSR count). The Labute approximate surface area is 258 Å². The van der Waals surface area contributed by atoms with E-state index in [1.54, 1.807) is 66.2 Å². The summed E-state index contributed by atoms with van der Waals surface area (Å²) in [7, 11) is -3.38. The van der Waals surface area contributed by atoms with Gasteiger partial charge >= 0.3 is 5.97 Å². The lowest BCUT2D eigenvalue weighted by atomic mass is 10.2. The fraction of sp³-hybridized carbons (Fsp3) is 0.194. The molecule has 0 aliphatic carbocycles. The average molecular weight is 638 g/mol. The smallest absolute Gasteiger partial charge is 0.307 e. The SMILES string of the molecule is CCOC(=O)CCN(Cc1ccco1)C(=O)c1cc(-c2ccc(-c3cccc(S(C)(=O)=O)c3)s2)n(-c2ccccc2Cl)n1. The number of benzene rings is 2. The topological polar surface area (TPSA) is 112 Å². The number of thiophene rings is 1. The van der Waals surface area contributed by atoms with Gasteiger partial charge in [0.15, 0.2) is 15.5 Å². The summed E-state index contributed by atoms with van der Waals surface area (Å²) < 4.78 is 36.4. The minimum absolute atomic E-state index is 0.0131. The Balaban J connectivity index is 1.54. The number of esters is 1. The third-order valence-electron chi connectivity index (χ3n) is 6.52. The Bertz CT molecular complexity index is 1860. The Morgan fingerprint density at radius 3 is 2.53 bits per heavy atom. The first-order chi connectivity index (χ1) is 20.6. The number of amides is 1. The molecular formula is C31H28ClN3O6S2. The van der Waals surface area contributed by atoms with Crippen LogP contribution in [0.15, 0.2) is 94.4 Å². The van der Waals surface area contributed by atoms with Crippen molar-refractivity contribution in [1.29, 1.82) is 0 Å². The van der Waals surface area contributed by atoms with E-state index in [9.17, 15) is 18.0 Å². The van der Waals surface area contributed by atoms with Crippen LogP contribution in [0.25, 0.3) is 26.7 Å². The molecule has 1 amide bonds. The van der Waals surface area contributed by atoms with Crippen molar-refractivity contribution in [3.8, 4) is 26.7 Å². The van der Waals surface area contributed by atoms with Crippen LogP contribution in [0.2, 0.25) is 5.02 Å². The van der Waals surface area contributed by atoms with Crippen LogP contribution in [0.3, 0.4) is 0 Å². The first-order valence-electron chi connectivity index (χ1n) is 13.4. The molecule has 0 N–H and O–H groups in total. The van der Waals surface area contributed by atoms with Crippen molar-refractivity contribution >= 4 is 44.7 Å². The molecule has 3 heterocycles. The standard InChI is InChI=1S/C31H28ClN3O6S2/c1-3-40-30(36)15-16-34(20-22-9-7-17-41-22)31(37)25-19-27(35(33-25)26-12-5-4-11-24(26)32)29-14-13-28(42-29)21-8-6-10-23(18-21)43(2,38)39/h4-14,17-19H,3,15-16,20H2,1-2H3. The second kappa shape index (κ2) is 13.0. The van der Waals surface area contributed by atoms with Crippen LogP contribution in [0.4, 0.5) is 0 Å². The number of halogens is 1. The van der Waals surface area contributed by atoms with E-state index in [0.717, 1.165) is 15.3 Å². The van der Waals surface area contributed by atoms with Gasteiger partial charge in [-0.3, -0.25) is 9.59 Å². The van der Waals surface area contributed by atoms with Crippen LogP contribution in [0.1, 0.15) is 29.6 Å². The Morgan fingerprint density at radius 2 is 1.81 bits per heavy atom. The maximum absolute atomic E-state index is 13.9. The predicted octanol–water partition coefficient (Wildman–Crippen LogP) is 6.51. The number of carbonyl (C=O) groups excluding carboxylic acids is 2. The number of nitrogens with zero attached hydrogens (tertiary/aromatic N) is 3. The number of carbonyl (C=O) groups is 2. The molecule has 0 fully saturated rings. The molecule has 0 atom stereocenters.